The number of rotatable bonds is 3. The molecule has 1 heterocycles. The molecule has 1 aliphatic heterocycles. The third kappa shape index (κ3) is 3.29. The zero-order valence-corrected chi connectivity index (χ0v) is 12.3. The molecular weight excluding hydrogens is 278 g/mol. The highest BCUT2D eigenvalue weighted by molar-refractivity contribution is 6.34. The van der Waals surface area contributed by atoms with Gasteiger partial charge in [0, 0.05) is 19.8 Å². The minimum absolute atomic E-state index is 0.0759. The summed E-state index contributed by atoms with van der Waals surface area (Å²) in [7, 11) is 3.32. The summed E-state index contributed by atoms with van der Waals surface area (Å²) in [4.78, 5) is 25.4. The Morgan fingerprint density at radius 2 is 2.15 bits per heavy atom. The van der Waals surface area contributed by atoms with Crippen molar-refractivity contribution in [2.75, 3.05) is 26.0 Å². The number of hydrogen-bond acceptors (Lipinski definition) is 3. The third-order valence-electron chi connectivity index (χ3n) is 3.25. The molecule has 1 aromatic rings. The van der Waals surface area contributed by atoms with Gasteiger partial charge in [-0.15, -0.1) is 0 Å². The summed E-state index contributed by atoms with van der Waals surface area (Å²) >= 11 is 6.03. The van der Waals surface area contributed by atoms with Crippen LogP contribution in [-0.2, 0) is 4.79 Å². The van der Waals surface area contributed by atoms with Crippen LogP contribution in [0.1, 0.15) is 23.2 Å². The largest absolute Gasteiger partial charge is 0.345 e. The summed E-state index contributed by atoms with van der Waals surface area (Å²) in [6.07, 6.45) is 1.84. The van der Waals surface area contributed by atoms with E-state index in [0.717, 1.165) is 19.4 Å². The first kappa shape index (κ1) is 14.8. The van der Waals surface area contributed by atoms with Crippen molar-refractivity contribution in [1.82, 2.24) is 10.2 Å². The molecule has 1 atom stereocenters. The zero-order chi connectivity index (χ0) is 14.7. The minimum Gasteiger partial charge on any atom is -0.345 e. The van der Waals surface area contributed by atoms with E-state index in [0.29, 0.717) is 16.3 Å². The molecule has 1 fully saturated rings. The standard InChI is InChI=1S/C14H18ClN3O2/c1-18(2)14(20)10-8-9(5-6-11(10)15)17-13(19)12-4-3-7-16-12/h5-6,8,12,16H,3-4,7H2,1-2H3,(H,17,19). The Labute approximate surface area is 123 Å². The van der Waals surface area contributed by atoms with E-state index in [4.69, 9.17) is 11.6 Å². The minimum atomic E-state index is -0.190. The van der Waals surface area contributed by atoms with Crippen LogP contribution in [0.4, 0.5) is 5.69 Å². The van der Waals surface area contributed by atoms with E-state index in [1.807, 2.05) is 0 Å². The second kappa shape index (κ2) is 6.24. The van der Waals surface area contributed by atoms with Gasteiger partial charge in [0.05, 0.1) is 16.6 Å². The number of anilines is 1. The molecule has 108 valence electrons. The van der Waals surface area contributed by atoms with Crippen molar-refractivity contribution in [3.05, 3.63) is 28.8 Å². The van der Waals surface area contributed by atoms with Crippen molar-refractivity contribution in [1.29, 1.82) is 0 Å². The quantitative estimate of drug-likeness (QED) is 0.893. The molecule has 0 radical (unpaired) electrons. The van der Waals surface area contributed by atoms with Crippen molar-refractivity contribution in [2.24, 2.45) is 0 Å². The van der Waals surface area contributed by atoms with Crippen LogP contribution in [-0.4, -0.2) is 43.4 Å². The van der Waals surface area contributed by atoms with Gasteiger partial charge in [0.15, 0.2) is 0 Å². The SMILES string of the molecule is CN(C)C(=O)c1cc(NC(=O)C2CCCN2)ccc1Cl. The van der Waals surface area contributed by atoms with Crippen LogP contribution in [0.5, 0.6) is 0 Å². The summed E-state index contributed by atoms with van der Waals surface area (Å²) < 4.78 is 0. The molecule has 0 aliphatic carbocycles. The van der Waals surface area contributed by atoms with E-state index >= 15 is 0 Å². The maximum absolute atomic E-state index is 12.0. The Morgan fingerprint density at radius 1 is 1.40 bits per heavy atom. The van der Waals surface area contributed by atoms with Crippen molar-refractivity contribution in [3.63, 3.8) is 0 Å². The van der Waals surface area contributed by atoms with E-state index in [-0.39, 0.29) is 17.9 Å². The van der Waals surface area contributed by atoms with E-state index < -0.39 is 0 Å². The zero-order valence-electron chi connectivity index (χ0n) is 11.6. The molecule has 2 amide bonds. The number of nitrogens with one attached hydrogen (secondary N) is 2. The summed E-state index contributed by atoms with van der Waals surface area (Å²) in [6, 6.07) is 4.77. The van der Waals surface area contributed by atoms with Crippen LogP contribution in [0.3, 0.4) is 0 Å². The Morgan fingerprint density at radius 3 is 2.75 bits per heavy atom. The van der Waals surface area contributed by atoms with Crippen molar-refractivity contribution in [3.8, 4) is 0 Å². The summed E-state index contributed by atoms with van der Waals surface area (Å²) in [5.41, 5.74) is 0.965. The van der Waals surface area contributed by atoms with Crippen LogP contribution in [0, 0.1) is 0 Å². The van der Waals surface area contributed by atoms with Crippen LogP contribution in [0.15, 0.2) is 18.2 Å². The number of amides is 2. The van der Waals surface area contributed by atoms with Gasteiger partial charge in [0.1, 0.15) is 0 Å². The fourth-order valence-electron chi connectivity index (χ4n) is 2.15. The van der Waals surface area contributed by atoms with Crippen LogP contribution in [0.25, 0.3) is 0 Å². The second-order valence-corrected chi connectivity index (χ2v) is 5.44. The first-order valence-electron chi connectivity index (χ1n) is 6.54. The molecule has 0 spiro atoms. The van der Waals surface area contributed by atoms with Gasteiger partial charge >= 0.3 is 0 Å². The number of halogens is 1. The summed E-state index contributed by atoms with van der Waals surface area (Å²) in [5.74, 6) is -0.266. The molecule has 1 aromatic carbocycles. The first-order valence-corrected chi connectivity index (χ1v) is 6.92. The molecule has 5 nitrogen and oxygen atoms in total. The monoisotopic (exact) mass is 295 g/mol. The van der Waals surface area contributed by atoms with E-state index in [9.17, 15) is 9.59 Å². The maximum Gasteiger partial charge on any atom is 0.254 e. The second-order valence-electron chi connectivity index (χ2n) is 5.03. The van der Waals surface area contributed by atoms with Crippen molar-refractivity contribution >= 4 is 29.1 Å². The molecule has 0 bridgehead atoms. The first-order chi connectivity index (χ1) is 9.49. The maximum atomic E-state index is 12.0. The fourth-order valence-corrected chi connectivity index (χ4v) is 2.34. The highest BCUT2D eigenvalue weighted by atomic mass is 35.5. The number of nitrogens with zero attached hydrogens (tertiary/aromatic N) is 1. The Bertz CT molecular complexity index is 525. The predicted molar refractivity (Wildman–Crippen MR) is 79.1 cm³/mol. The molecule has 2 N–H and O–H groups in total. The molecule has 20 heavy (non-hydrogen) atoms. The normalized spacial score (nSPS) is 17.9. The lowest BCUT2D eigenvalue weighted by Crippen LogP contribution is -2.35. The molecule has 2 rings (SSSR count). The Balaban J connectivity index is 2.14. The van der Waals surface area contributed by atoms with E-state index in [1.165, 1.54) is 4.90 Å². The summed E-state index contributed by atoms with van der Waals surface area (Å²) in [6.45, 7) is 0.864. The number of hydrogen-bond donors (Lipinski definition) is 2. The molecule has 1 saturated heterocycles. The molecule has 0 aromatic heterocycles. The lowest BCUT2D eigenvalue weighted by Gasteiger charge is -2.14. The van der Waals surface area contributed by atoms with Gasteiger partial charge in [0.25, 0.3) is 5.91 Å². The fraction of sp³-hybridized carbons (Fsp3) is 0.429. The van der Waals surface area contributed by atoms with Crippen LogP contribution in [0.2, 0.25) is 5.02 Å². The molecule has 1 aliphatic rings. The van der Waals surface area contributed by atoms with E-state index in [1.54, 1.807) is 32.3 Å². The van der Waals surface area contributed by atoms with Gasteiger partial charge in [-0.3, -0.25) is 9.59 Å². The van der Waals surface area contributed by atoms with Crippen LogP contribution < -0.4 is 10.6 Å². The van der Waals surface area contributed by atoms with Gasteiger partial charge in [-0.05, 0) is 37.6 Å². The molecular formula is C14H18ClN3O2. The molecule has 6 heteroatoms. The smallest absolute Gasteiger partial charge is 0.254 e. The lowest BCUT2D eigenvalue weighted by molar-refractivity contribution is -0.117. The number of benzene rings is 1. The molecule has 1 unspecified atom stereocenters. The van der Waals surface area contributed by atoms with Gasteiger partial charge in [0.2, 0.25) is 5.91 Å². The average Bonchev–Trinajstić information content (AvgIpc) is 2.94. The van der Waals surface area contributed by atoms with Crippen molar-refractivity contribution in [2.45, 2.75) is 18.9 Å². The highest BCUT2D eigenvalue weighted by Crippen LogP contribution is 2.22. The highest BCUT2D eigenvalue weighted by Gasteiger charge is 2.22. The van der Waals surface area contributed by atoms with Gasteiger partial charge in [-0.1, -0.05) is 11.6 Å². The van der Waals surface area contributed by atoms with E-state index in [2.05, 4.69) is 10.6 Å². The topological polar surface area (TPSA) is 61.4 Å². The predicted octanol–water partition coefficient (Wildman–Crippen LogP) is 1.73. The molecule has 0 saturated carbocycles. The average molecular weight is 296 g/mol. The van der Waals surface area contributed by atoms with Gasteiger partial charge in [-0.25, -0.2) is 0 Å². The van der Waals surface area contributed by atoms with Crippen LogP contribution >= 0.6 is 11.6 Å². The third-order valence-corrected chi connectivity index (χ3v) is 3.58. The Kier molecular flexibility index (Phi) is 4.62. The summed E-state index contributed by atoms with van der Waals surface area (Å²) in [5, 5.41) is 6.32. The lowest BCUT2D eigenvalue weighted by atomic mass is 10.1. The van der Waals surface area contributed by atoms with Crippen molar-refractivity contribution < 1.29 is 9.59 Å². The van der Waals surface area contributed by atoms with Gasteiger partial charge in [-0.2, -0.15) is 0 Å². The number of carbonyl (C=O) groups is 2. The Hall–Kier alpha value is -1.59. The number of carbonyl (C=O) groups excluding carboxylic acids is 2. The van der Waals surface area contributed by atoms with Gasteiger partial charge < -0.3 is 15.5 Å².